The fourth-order valence-corrected chi connectivity index (χ4v) is 1.35. The molecule has 4 nitrogen and oxygen atoms in total. The highest BCUT2D eigenvalue weighted by atomic mass is 16.1. The molecule has 0 aromatic carbocycles. The number of hydrogen-bond donors (Lipinski definition) is 1. The van der Waals surface area contributed by atoms with Gasteiger partial charge in [-0.3, -0.25) is 9.78 Å². The molecular weight excluding hydrogens is 202 g/mol. The van der Waals surface area contributed by atoms with Gasteiger partial charge < -0.3 is 5.32 Å². The van der Waals surface area contributed by atoms with Crippen LogP contribution in [0.4, 0.5) is 5.69 Å². The third-order valence-electron chi connectivity index (χ3n) is 2.23. The van der Waals surface area contributed by atoms with Crippen molar-refractivity contribution < 1.29 is 4.79 Å². The Balaban J connectivity index is 2.75. The molecule has 1 amide bonds. The normalized spacial score (nSPS) is 11.9. The zero-order valence-corrected chi connectivity index (χ0v) is 9.69. The largest absolute Gasteiger partial charge is 0.324 e. The Bertz CT molecular complexity index is 421. The van der Waals surface area contributed by atoms with Crippen molar-refractivity contribution in [1.29, 1.82) is 5.26 Å². The predicted octanol–water partition coefficient (Wildman–Crippen LogP) is 2.12. The molecule has 1 atom stereocenters. The quantitative estimate of drug-likeness (QED) is 0.843. The first-order valence-electron chi connectivity index (χ1n) is 5.16. The van der Waals surface area contributed by atoms with E-state index >= 15 is 0 Å². The molecule has 0 saturated heterocycles. The number of carbonyl (C=O) groups excluding carboxylic acids is 1. The Morgan fingerprint density at radius 3 is 2.69 bits per heavy atom. The van der Waals surface area contributed by atoms with Gasteiger partial charge in [0.2, 0.25) is 5.91 Å². The van der Waals surface area contributed by atoms with Crippen molar-refractivity contribution in [2.45, 2.75) is 20.8 Å². The van der Waals surface area contributed by atoms with Crippen LogP contribution in [-0.2, 0) is 4.79 Å². The average molecular weight is 217 g/mol. The molecule has 4 heteroatoms. The molecule has 16 heavy (non-hydrogen) atoms. The third-order valence-corrected chi connectivity index (χ3v) is 2.23. The number of anilines is 1. The van der Waals surface area contributed by atoms with Gasteiger partial charge in [-0.1, -0.05) is 13.8 Å². The highest BCUT2D eigenvalue weighted by molar-refractivity contribution is 5.94. The summed E-state index contributed by atoms with van der Waals surface area (Å²) in [5, 5.41) is 11.6. The standard InChI is InChI=1S/C12H15N3O/c1-8(2)11(5-13)12(16)15-10-4-9(3)6-14-7-10/h4,6-8,11H,1-3H3,(H,15,16). The van der Waals surface area contributed by atoms with Crippen LogP contribution < -0.4 is 5.32 Å². The van der Waals surface area contributed by atoms with Crippen LogP contribution in [0.15, 0.2) is 18.5 Å². The number of hydrogen-bond acceptors (Lipinski definition) is 3. The van der Waals surface area contributed by atoms with E-state index in [9.17, 15) is 4.79 Å². The lowest BCUT2D eigenvalue weighted by atomic mass is 9.96. The van der Waals surface area contributed by atoms with Crippen LogP contribution in [0.3, 0.4) is 0 Å². The summed E-state index contributed by atoms with van der Waals surface area (Å²) < 4.78 is 0. The first-order chi connectivity index (χ1) is 7.54. The van der Waals surface area contributed by atoms with Crippen molar-refractivity contribution in [2.24, 2.45) is 11.8 Å². The second-order valence-electron chi connectivity index (χ2n) is 4.09. The molecule has 1 rings (SSSR count). The molecule has 1 aromatic rings. The summed E-state index contributed by atoms with van der Waals surface area (Å²) in [6.07, 6.45) is 3.28. The number of pyridine rings is 1. The Kier molecular flexibility index (Phi) is 4.01. The average Bonchev–Trinajstić information content (AvgIpc) is 2.17. The van der Waals surface area contributed by atoms with Crippen LogP contribution in [0.25, 0.3) is 0 Å². The van der Waals surface area contributed by atoms with Crippen molar-refractivity contribution >= 4 is 11.6 Å². The molecule has 1 heterocycles. The molecule has 0 spiro atoms. The minimum Gasteiger partial charge on any atom is -0.324 e. The summed E-state index contributed by atoms with van der Waals surface area (Å²) in [6, 6.07) is 3.82. The summed E-state index contributed by atoms with van der Waals surface area (Å²) in [7, 11) is 0. The van der Waals surface area contributed by atoms with Crippen LogP contribution in [0.1, 0.15) is 19.4 Å². The maximum atomic E-state index is 11.7. The van der Waals surface area contributed by atoms with Crippen molar-refractivity contribution in [3.63, 3.8) is 0 Å². The van der Waals surface area contributed by atoms with Gasteiger partial charge in [0.15, 0.2) is 0 Å². The van der Waals surface area contributed by atoms with E-state index in [4.69, 9.17) is 5.26 Å². The third kappa shape index (κ3) is 3.06. The van der Waals surface area contributed by atoms with Gasteiger partial charge in [-0.2, -0.15) is 5.26 Å². The number of nitrogens with zero attached hydrogens (tertiary/aromatic N) is 2. The second-order valence-corrected chi connectivity index (χ2v) is 4.09. The molecule has 0 bridgehead atoms. The Hall–Kier alpha value is -1.89. The van der Waals surface area contributed by atoms with Crippen molar-refractivity contribution in [3.05, 3.63) is 24.0 Å². The van der Waals surface area contributed by atoms with E-state index < -0.39 is 5.92 Å². The van der Waals surface area contributed by atoms with Gasteiger partial charge in [-0.25, -0.2) is 0 Å². The second kappa shape index (κ2) is 5.26. The van der Waals surface area contributed by atoms with Crippen LogP contribution in [-0.4, -0.2) is 10.9 Å². The van der Waals surface area contributed by atoms with Gasteiger partial charge >= 0.3 is 0 Å². The Labute approximate surface area is 95.3 Å². The molecule has 84 valence electrons. The monoisotopic (exact) mass is 217 g/mol. The van der Waals surface area contributed by atoms with Crippen molar-refractivity contribution in [3.8, 4) is 6.07 Å². The highest BCUT2D eigenvalue weighted by Crippen LogP contribution is 2.14. The zero-order chi connectivity index (χ0) is 12.1. The lowest BCUT2D eigenvalue weighted by molar-refractivity contribution is -0.119. The molecule has 1 unspecified atom stereocenters. The van der Waals surface area contributed by atoms with Gasteiger partial charge in [0.05, 0.1) is 18.0 Å². The first kappa shape index (κ1) is 12.2. The van der Waals surface area contributed by atoms with E-state index in [2.05, 4.69) is 10.3 Å². The molecule has 0 aliphatic rings. The summed E-state index contributed by atoms with van der Waals surface area (Å²) in [6.45, 7) is 5.59. The summed E-state index contributed by atoms with van der Waals surface area (Å²) in [5.74, 6) is -0.895. The molecule has 0 aliphatic heterocycles. The maximum absolute atomic E-state index is 11.7. The van der Waals surface area contributed by atoms with E-state index in [-0.39, 0.29) is 11.8 Å². The fraction of sp³-hybridized carbons (Fsp3) is 0.417. The van der Waals surface area contributed by atoms with Gasteiger partial charge in [-0.05, 0) is 24.5 Å². The van der Waals surface area contributed by atoms with Gasteiger partial charge in [0, 0.05) is 6.20 Å². The first-order valence-corrected chi connectivity index (χ1v) is 5.16. The van der Waals surface area contributed by atoms with Crippen molar-refractivity contribution in [2.75, 3.05) is 5.32 Å². The lowest BCUT2D eigenvalue weighted by Crippen LogP contribution is -2.25. The van der Waals surface area contributed by atoms with Crippen LogP contribution in [0.5, 0.6) is 0 Å². The maximum Gasteiger partial charge on any atom is 0.242 e. The molecule has 0 aliphatic carbocycles. The predicted molar refractivity (Wildman–Crippen MR) is 61.5 cm³/mol. The fourth-order valence-electron chi connectivity index (χ4n) is 1.35. The Morgan fingerprint density at radius 2 is 2.19 bits per heavy atom. The van der Waals surface area contributed by atoms with Crippen LogP contribution >= 0.6 is 0 Å². The number of aryl methyl sites for hydroxylation is 1. The molecule has 1 N–H and O–H groups in total. The summed E-state index contributed by atoms with van der Waals surface area (Å²) >= 11 is 0. The summed E-state index contributed by atoms with van der Waals surface area (Å²) in [5.41, 5.74) is 1.60. The van der Waals surface area contributed by atoms with E-state index in [1.54, 1.807) is 12.4 Å². The SMILES string of the molecule is Cc1cncc(NC(=O)C(C#N)C(C)C)c1. The lowest BCUT2D eigenvalue weighted by Gasteiger charge is -2.12. The highest BCUT2D eigenvalue weighted by Gasteiger charge is 2.21. The van der Waals surface area contributed by atoms with Gasteiger partial charge in [0.25, 0.3) is 0 Å². The molecule has 1 aromatic heterocycles. The summed E-state index contributed by atoms with van der Waals surface area (Å²) in [4.78, 5) is 15.7. The van der Waals surface area contributed by atoms with Crippen LogP contribution in [0, 0.1) is 30.1 Å². The van der Waals surface area contributed by atoms with Crippen molar-refractivity contribution in [1.82, 2.24) is 4.98 Å². The van der Waals surface area contributed by atoms with E-state index in [1.165, 1.54) is 0 Å². The molecular formula is C12H15N3O. The number of nitrogens with one attached hydrogen (secondary N) is 1. The number of amides is 1. The molecule has 0 fully saturated rings. The minimum absolute atomic E-state index is 0.00256. The topological polar surface area (TPSA) is 65.8 Å². The van der Waals surface area contributed by atoms with E-state index in [0.717, 1.165) is 5.56 Å². The zero-order valence-electron chi connectivity index (χ0n) is 9.69. The number of rotatable bonds is 3. The van der Waals surface area contributed by atoms with E-state index in [1.807, 2.05) is 32.9 Å². The van der Waals surface area contributed by atoms with E-state index in [0.29, 0.717) is 5.69 Å². The van der Waals surface area contributed by atoms with Gasteiger partial charge in [-0.15, -0.1) is 0 Å². The number of carbonyl (C=O) groups is 1. The Morgan fingerprint density at radius 1 is 1.50 bits per heavy atom. The smallest absolute Gasteiger partial charge is 0.242 e. The van der Waals surface area contributed by atoms with Gasteiger partial charge in [0.1, 0.15) is 5.92 Å². The molecule has 0 saturated carbocycles. The minimum atomic E-state index is -0.625. The van der Waals surface area contributed by atoms with Crippen LogP contribution in [0.2, 0.25) is 0 Å². The molecule has 0 radical (unpaired) electrons. The number of nitriles is 1. The number of aromatic nitrogens is 1.